The van der Waals surface area contributed by atoms with Gasteiger partial charge < -0.3 is 10.2 Å². The van der Waals surface area contributed by atoms with Gasteiger partial charge in [-0.25, -0.2) is 4.79 Å². The summed E-state index contributed by atoms with van der Waals surface area (Å²) in [5.74, 6) is 0. The van der Waals surface area contributed by atoms with Gasteiger partial charge in [-0.15, -0.1) is 10.2 Å². The van der Waals surface area contributed by atoms with Gasteiger partial charge in [-0.05, 0) is 36.4 Å². The monoisotopic (exact) mass is 299 g/mol. The first kappa shape index (κ1) is 14.8. The molecule has 1 heterocycles. The zero-order valence-electron chi connectivity index (χ0n) is 11.6. The van der Waals surface area contributed by atoms with Crippen molar-refractivity contribution in [3.63, 3.8) is 0 Å². The Morgan fingerprint density at radius 3 is 2.43 bits per heavy atom. The van der Waals surface area contributed by atoms with Crippen LogP contribution in [0.1, 0.15) is 5.69 Å². The van der Waals surface area contributed by atoms with Gasteiger partial charge in [0.2, 0.25) is 0 Å². The van der Waals surface area contributed by atoms with Gasteiger partial charge in [-0.1, -0.05) is 11.8 Å². The van der Waals surface area contributed by atoms with Crippen LogP contribution in [0.2, 0.25) is 0 Å². The van der Waals surface area contributed by atoms with E-state index in [1.165, 1.54) is 16.7 Å². The van der Waals surface area contributed by atoms with Gasteiger partial charge in [0.1, 0.15) is 11.1 Å². The van der Waals surface area contributed by atoms with E-state index in [0.717, 1.165) is 10.6 Å². The van der Waals surface area contributed by atoms with Crippen LogP contribution in [0.25, 0.3) is 0 Å². The third-order valence-corrected chi connectivity index (χ3v) is 3.42. The molecule has 1 aromatic heterocycles. The lowest BCUT2D eigenvalue weighted by Crippen LogP contribution is -2.27. The Morgan fingerprint density at radius 1 is 1.19 bits per heavy atom. The van der Waals surface area contributed by atoms with Crippen LogP contribution in [0.5, 0.6) is 0 Å². The molecule has 0 saturated heterocycles. The first-order valence-electron chi connectivity index (χ1n) is 6.08. The number of rotatable bonds is 3. The second kappa shape index (κ2) is 6.72. The lowest BCUT2D eigenvalue weighted by Gasteiger charge is -2.12. The first-order chi connectivity index (χ1) is 10.1. The summed E-state index contributed by atoms with van der Waals surface area (Å²) < 4.78 is 0. The van der Waals surface area contributed by atoms with Crippen LogP contribution in [0, 0.1) is 11.3 Å². The van der Waals surface area contributed by atoms with Crippen LogP contribution >= 0.6 is 11.8 Å². The molecule has 1 aromatic carbocycles. The van der Waals surface area contributed by atoms with Crippen molar-refractivity contribution in [1.82, 2.24) is 15.1 Å². The van der Waals surface area contributed by atoms with Gasteiger partial charge in [-0.2, -0.15) is 5.26 Å². The van der Waals surface area contributed by atoms with Crippen molar-refractivity contribution < 1.29 is 4.79 Å². The predicted molar refractivity (Wildman–Crippen MR) is 80.0 cm³/mol. The smallest absolute Gasteiger partial charge is 0.321 e. The SMILES string of the molecule is CN(C)C(=O)Nc1ccc(Sc2ccc(C#N)nn2)cc1. The number of hydrogen-bond donors (Lipinski definition) is 1. The van der Waals surface area contributed by atoms with E-state index in [4.69, 9.17) is 5.26 Å². The summed E-state index contributed by atoms with van der Waals surface area (Å²) in [7, 11) is 3.37. The molecule has 2 amide bonds. The number of carbonyl (C=O) groups is 1. The topological polar surface area (TPSA) is 81.9 Å². The van der Waals surface area contributed by atoms with Crippen LogP contribution in [0.4, 0.5) is 10.5 Å². The molecule has 0 atom stereocenters. The number of benzene rings is 1. The van der Waals surface area contributed by atoms with Gasteiger partial charge in [0.05, 0.1) is 0 Å². The molecule has 0 aliphatic rings. The van der Waals surface area contributed by atoms with E-state index in [9.17, 15) is 4.79 Å². The molecule has 106 valence electrons. The summed E-state index contributed by atoms with van der Waals surface area (Å²) in [6.07, 6.45) is 0. The number of nitriles is 1. The standard InChI is InChI=1S/C14H13N5OS/c1-19(2)14(20)16-10-3-6-12(7-4-10)21-13-8-5-11(9-15)17-18-13/h3-8H,1-2H3,(H,16,20). The Labute approximate surface area is 126 Å². The molecular formula is C14H13N5OS. The van der Waals surface area contributed by atoms with Crippen LogP contribution in [0.3, 0.4) is 0 Å². The molecule has 0 saturated carbocycles. The van der Waals surface area contributed by atoms with Gasteiger partial charge in [0.25, 0.3) is 0 Å². The molecule has 2 aromatic rings. The predicted octanol–water partition coefficient (Wildman–Crippen LogP) is 2.59. The minimum atomic E-state index is -0.173. The minimum Gasteiger partial charge on any atom is -0.331 e. The summed E-state index contributed by atoms with van der Waals surface area (Å²) in [5, 5.41) is 19.9. The van der Waals surface area contributed by atoms with E-state index in [1.54, 1.807) is 26.2 Å². The average molecular weight is 299 g/mol. The lowest BCUT2D eigenvalue weighted by molar-refractivity contribution is 0.230. The number of carbonyl (C=O) groups excluding carboxylic acids is 1. The normalized spacial score (nSPS) is 9.76. The van der Waals surface area contributed by atoms with Crippen molar-refractivity contribution >= 4 is 23.5 Å². The Bertz CT molecular complexity index is 661. The van der Waals surface area contributed by atoms with Crippen LogP contribution in [0.15, 0.2) is 46.3 Å². The largest absolute Gasteiger partial charge is 0.331 e. The zero-order valence-corrected chi connectivity index (χ0v) is 12.4. The van der Waals surface area contributed by atoms with Crippen molar-refractivity contribution in [3.05, 3.63) is 42.1 Å². The van der Waals surface area contributed by atoms with Crippen LogP contribution in [-0.4, -0.2) is 35.2 Å². The number of urea groups is 1. The Morgan fingerprint density at radius 2 is 1.90 bits per heavy atom. The van der Waals surface area contributed by atoms with Crippen molar-refractivity contribution in [2.24, 2.45) is 0 Å². The minimum absolute atomic E-state index is 0.173. The Kier molecular flexibility index (Phi) is 4.74. The number of nitrogens with one attached hydrogen (secondary N) is 1. The number of nitrogens with zero attached hydrogens (tertiary/aromatic N) is 4. The van der Waals surface area contributed by atoms with Crippen molar-refractivity contribution in [2.75, 3.05) is 19.4 Å². The van der Waals surface area contributed by atoms with Gasteiger partial charge in [0.15, 0.2) is 5.69 Å². The van der Waals surface area contributed by atoms with Crippen molar-refractivity contribution in [1.29, 1.82) is 5.26 Å². The summed E-state index contributed by atoms with van der Waals surface area (Å²) in [6, 6.07) is 12.5. The van der Waals surface area contributed by atoms with Crippen LogP contribution < -0.4 is 5.32 Å². The molecule has 2 rings (SSSR count). The third-order valence-electron chi connectivity index (χ3n) is 2.49. The molecule has 0 fully saturated rings. The molecule has 0 unspecified atom stereocenters. The molecule has 0 aliphatic carbocycles. The number of amides is 2. The first-order valence-corrected chi connectivity index (χ1v) is 6.90. The zero-order chi connectivity index (χ0) is 15.2. The van der Waals surface area contributed by atoms with Gasteiger partial charge in [-0.3, -0.25) is 0 Å². The van der Waals surface area contributed by atoms with Gasteiger partial charge >= 0.3 is 6.03 Å². The molecule has 0 bridgehead atoms. The molecule has 21 heavy (non-hydrogen) atoms. The molecule has 0 aliphatic heterocycles. The second-order valence-corrected chi connectivity index (χ2v) is 5.41. The number of hydrogen-bond acceptors (Lipinski definition) is 5. The van der Waals surface area contributed by atoms with E-state index in [-0.39, 0.29) is 6.03 Å². The Balaban J connectivity index is 2.02. The summed E-state index contributed by atoms with van der Waals surface area (Å²) in [4.78, 5) is 14.0. The quantitative estimate of drug-likeness (QED) is 0.942. The average Bonchev–Trinajstić information content (AvgIpc) is 2.50. The number of anilines is 1. The molecular weight excluding hydrogens is 286 g/mol. The second-order valence-electron chi connectivity index (χ2n) is 4.32. The highest BCUT2D eigenvalue weighted by Crippen LogP contribution is 2.26. The highest BCUT2D eigenvalue weighted by Gasteiger charge is 2.04. The highest BCUT2D eigenvalue weighted by molar-refractivity contribution is 7.99. The van der Waals surface area contributed by atoms with Crippen LogP contribution in [-0.2, 0) is 0 Å². The summed E-state index contributed by atoms with van der Waals surface area (Å²) in [5.41, 5.74) is 1.02. The number of aromatic nitrogens is 2. The maximum atomic E-state index is 11.5. The van der Waals surface area contributed by atoms with E-state index < -0.39 is 0 Å². The van der Waals surface area contributed by atoms with E-state index in [0.29, 0.717) is 10.7 Å². The van der Waals surface area contributed by atoms with Crippen molar-refractivity contribution in [3.8, 4) is 6.07 Å². The van der Waals surface area contributed by atoms with Crippen molar-refractivity contribution in [2.45, 2.75) is 9.92 Å². The van der Waals surface area contributed by atoms with Gasteiger partial charge in [0, 0.05) is 24.7 Å². The maximum absolute atomic E-state index is 11.5. The fourth-order valence-corrected chi connectivity index (χ4v) is 2.13. The molecule has 7 heteroatoms. The van der Waals surface area contributed by atoms with E-state index >= 15 is 0 Å². The third kappa shape index (κ3) is 4.19. The fourth-order valence-electron chi connectivity index (χ4n) is 1.40. The molecule has 0 radical (unpaired) electrons. The lowest BCUT2D eigenvalue weighted by atomic mass is 10.3. The summed E-state index contributed by atoms with van der Waals surface area (Å²) in [6.45, 7) is 0. The summed E-state index contributed by atoms with van der Waals surface area (Å²) >= 11 is 1.43. The molecule has 0 spiro atoms. The Hall–Kier alpha value is -2.59. The fraction of sp³-hybridized carbons (Fsp3) is 0.143. The van der Waals surface area contributed by atoms with E-state index in [1.807, 2.05) is 30.3 Å². The maximum Gasteiger partial charge on any atom is 0.321 e. The highest BCUT2D eigenvalue weighted by atomic mass is 32.2. The molecule has 6 nitrogen and oxygen atoms in total. The molecule has 1 N–H and O–H groups in total. The van der Waals surface area contributed by atoms with E-state index in [2.05, 4.69) is 15.5 Å².